The fourth-order valence-corrected chi connectivity index (χ4v) is 3.46. The van der Waals surface area contributed by atoms with Gasteiger partial charge in [-0.05, 0) is 45.1 Å². The van der Waals surface area contributed by atoms with Crippen molar-refractivity contribution in [2.24, 2.45) is 0 Å². The van der Waals surface area contributed by atoms with Crippen LogP contribution in [0.4, 0.5) is 19.1 Å². The lowest BCUT2D eigenvalue weighted by Gasteiger charge is -2.36. The Labute approximate surface area is 143 Å². The zero-order valence-corrected chi connectivity index (χ0v) is 14.2. The number of fused-ring (bicyclic) bond motifs is 1. The Bertz CT molecular complexity index is 816. The zero-order chi connectivity index (χ0) is 18.2. The second kappa shape index (κ2) is 6.67. The molecule has 0 radical (unpaired) electrons. The Morgan fingerprint density at radius 3 is 2.64 bits per heavy atom. The van der Waals surface area contributed by atoms with Crippen LogP contribution in [0.2, 0.25) is 0 Å². The molecule has 0 bridgehead atoms. The summed E-state index contributed by atoms with van der Waals surface area (Å²) >= 11 is 0. The van der Waals surface area contributed by atoms with Crippen molar-refractivity contribution in [2.75, 3.05) is 19.4 Å². The molecule has 136 valence electrons. The van der Waals surface area contributed by atoms with Crippen molar-refractivity contribution in [3.63, 3.8) is 0 Å². The minimum absolute atomic E-state index is 0.0401. The molecule has 0 unspecified atom stereocenters. The van der Waals surface area contributed by atoms with E-state index < -0.39 is 17.3 Å². The van der Waals surface area contributed by atoms with Crippen LogP contribution < -0.4 is 10.9 Å². The SMILES string of the molecule is CN(C)[C@@H]1CCCC[C@H]1Nc1nc2cc(C(F)(F)F)ccc2c(=O)[nH]1. The van der Waals surface area contributed by atoms with E-state index in [1.54, 1.807) is 0 Å². The van der Waals surface area contributed by atoms with Gasteiger partial charge in [-0.3, -0.25) is 9.78 Å². The van der Waals surface area contributed by atoms with Gasteiger partial charge >= 0.3 is 6.18 Å². The maximum absolute atomic E-state index is 12.9. The smallest absolute Gasteiger partial charge is 0.351 e. The molecule has 25 heavy (non-hydrogen) atoms. The topological polar surface area (TPSA) is 61.0 Å². The molecule has 0 saturated heterocycles. The molecule has 1 aromatic carbocycles. The van der Waals surface area contributed by atoms with Crippen LogP contribution in [0, 0.1) is 0 Å². The molecule has 0 amide bonds. The highest BCUT2D eigenvalue weighted by Gasteiger charge is 2.31. The number of likely N-dealkylation sites (N-methyl/N-ethyl adjacent to an activating group) is 1. The molecule has 1 saturated carbocycles. The van der Waals surface area contributed by atoms with Crippen LogP contribution in [-0.4, -0.2) is 41.0 Å². The van der Waals surface area contributed by atoms with Gasteiger partial charge in [0.05, 0.1) is 16.5 Å². The lowest BCUT2D eigenvalue weighted by Crippen LogP contribution is -2.45. The van der Waals surface area contributed by atoms with Gasteiger partial charge in [-0.15, -0.1) is 0 Å². The molecule has 1 aromatic heterocycles. The molecule has 2 atom stereocenters. The lowest BCUT2D eigenvalue weighted by molar-refractivity contribution is -0.137. The fourth-order valence-electron chi connectivity index (χ4n) is 3.46. The van der Waals surface area contributed by atoms with Gasteiger partial charge in [-0.1, -0.05) is 12.8 Å². The van der Waals surface area contributed by atoms with E-state index in [1.165, 1.54) is 0 Å². The van der Waals surface area contributed by atoms with Crippen LogP contribution in [0.1, 0.15) is 31.2 Å². The number of aromatic amines is 1. The molecule has 3 rings (SSSR count). The zero-order valence-electron chi connectivity index (χ0n) is 14.2. The molecule has 5 nitrogen and oxygen atoms in total. The van der Waals surface area contributed by atoms with Gasteiger partial charge in [0.15, 0.2) is 0 Å². The number of halogens is 3. The molecule has 2 aromatic rings. The Hall–Kier alpha value is -2.09. The number of hydrogen-bond acceptors (Lipinski definition) is 4. The number of nitrogens with zero attached hydrogens (tertiary/aromatic N) is 2. The number of alkyl halides is 3. The summed E-state index contributed by atoms with van der Waals surface area (Å²) < 4.78 is 38.7. The third kappa shape index (κ3) is 3.78. The number of aromatic nitrogens is 2. The number of nitrogens with one attached hydrogen (secondary N) is 2. The predicted molar refractivity (Wildman–Crippen MR) is 90.7 cm³/mol. The molecule has 1 aliphatic carbocycles. The number of rotatable bonds is 3. The first kappa shape index (κ1) is 17.7. The lowest BCUT2D eigenvalue weighted by atomic mass is 9.89. The van der Waals surface area contributed by atoms with Crippen molar-refractivity contribution in [3.05, 3.63) is 34.1 Å². The second-order valence-corrected chi connectivity index (χ2v) is 6.71. The van der Waals surface area contributed by atoms with Crippen molar-refractivity contribution < 1.29 is 13.2 Å². The van der Waals surface area contributed by atoms with Crippen LogP contribution in [-0.2, 0) is 6.18 Å². The first-order valence-corrected chi connectivity index (χ1v) is 8.30. The molecule has 8 heteroatoms. The molecular formula is C17H21F3N4O. The maximum atomic E-state index is 12.9. The third-order valence-electron chi connectivity index (χ3n) is 4.75. The number of H-pyrrole nitrogens is 1. The van der Waals surface area contributed by atoms with E-state index >= 15 is 0 Å². The van der Waals surface area contributed by atoms with Crippen molar-refractivity contribution >= 4 is 16.9 Å². The van der Waals surface area contributed by atoms with Crippen LogP contribution in [0.25, 0.3) is 10.9 Å². The predicted octanol–water partition coefficient (Wildman–Crippen LogP) is 3.23. The Balaban J connectivity index is 1.95. The highest BCUT2D eigenvalue weighted by molar-refractivity contribution is 5.79. The number of benzene rings is 1. The average molecular weight is 354 g/mol. The van der Waals surface area contributed by atoms with E-state index in [4.69, 9.17) is 0 Å². The summed E-state index contributed by atoms with van der Waals surface area (Å²) in [6, 6.07) is 3.36. The van der Waals surface area contributed by atoms with E-state index in [-0.39, 0.29) is 28.9 Å². The first-order valence-electron chi connectivity index (χ1n) is 8.30. The number of anilines is 1. The molecule has 1 heterocycles. The van der Waals surface area contributed by atoms with Crippen LogP contribution in [0.15, 0.2) is 23.0 Å². The Morgan fingerprint density at radius 1 is 1.24 bits per heavy atom. The quantitative estimate of drug-likeness (QED) is 0.888. The highest BCUT2D eigenvalue weighted by Crippen LogP contribution is 2.30. The molecule has 2 N–H and O–H groups in total. The highest BCUT2D eigenvalue weighted by atomic mass is 19.4. The summed E-state index contributed by atoms with van der Waals surface area (Å²) in [6.07, 6.45) is -0.310. The van der Waals surface area contributed by atoms with Gasteiger partial charge in [0.1, 0.15) is 0 Å². The van der Waals surface area contributed by atoms with Gasteiger partial charge in [-0.2, -0.15) is 13.2 Å². The van der Waals surface area contributed by atoms with Crippen molar-refractivity contribution in [1.29, 1.82) is 0 Å². The second-order valence-electron chi connectivity index (χ2n) is 6.71. The molecule has 0 spiro atoms. The molecule has 1 fully saturated rings. The van der Waals surface area contributed by atoms with E-state index in [2.05, 4.69) is 20.2 Å². The van der Waals surface area contributed by atoms with Crippen molar-refractivity contribution in [1.82, 2.24) is 14.9 Å². The minimum Gasteiger partial charge on any atom is -0.351 e. The Kier molecular flexibility index (Phi) is 4.73. The average Bonchev–Trinajstić information content (AvgIpc) is 2.54. The summed E-state index contributed by atoms with van der Waals surface area (Å²) in [7, 11) is 3.99. The molecular weight excluding hydrogens is 333 g/mol. The summed E-state index contributed by atoms with van der Waals surface area (Å²) in [4.78, 5) is 21.2. The summed E-state index contributed by atoms with van der Waals surface area (Å²) in [5.74, 6) is 0.218. The standard InChI is InChI=1S/C17H21F3N4O/c1-24(2)14-6-4-3-5-12(14)21-16-22-13-9-10(17(18,19)20)7-8-11(13)15(25)23-16/h7-9,12,14H,3-6H2,1-2H3,(H2,21,22,23,25)/t12-,14-/m1/s1. The van der Waals surface area contributed by atoms with Crippen LogP contribution >= 0.6 is 0 Å². The van der Waals surface area contributed by atoms with Crippen LogP contribution in [0.5, 0.6) is 0 Å². The van der Waals surface area contributed by atoms with E-state index in [0.717, 1.165) is 43.9 Å². The number of hydrogen-bond donors (Lipinski definition) is 2. The monoisotopic (exact) mass is 354 g/mol. The van der Waals surface area contributed by atoms with Gasteiger partial charge in [0.25, 0.3) is 5.56 Å². The third-order valence-corrected chi connectivity index (χ3v) is 4.75. The van der Waals surface area contributed by atoms with Gasteiger partial charge in [0.2, 0.25) is 5.95 Å². The van der Waals surface area contributed by atoms with Gasteiger partial charge < -0.3 is 10.2 Å². The molecule has 0 aliphatic heterocycles. The summed E-state index contributed by atoms with van der Waals surface area (Å²) in [5.41, 5.74) is -1.22. The van der Waals surface area contributed by atoms with E-state index in [9.17, 15) is 18.0 Å². The minimum atomic E-state index is -4.47. The van der Waals surface area contributed by atoms with Crippen LogP contribution in [0.3, 0.4) is 0 Å². The normalized spacial score (nSPS) is 21.7. The fraction of sp³-hybridized carbons (Fsp3) is 0.529. The molecule has 1 aliphatic rings. The summed E-state index contributed by atoms with van der Waals surface area (Å²) in [5, 5.41) is 3.36. The Morgan fingerprint density at radius 2 is 1.96 bits per heavy atom. The first-order chi connectivity index (χ1) is 11.8. The van der Waals surface area contributed by atoms with E-state index in [1.807, 2.05) is 14.1 Å². The van der Waals surface area contributed by atoms with Gasteiger partial charge in [0, 0.05) is 12.1 Å². The summed E-state index contributed by atoms with van der Waals surface area (Å²) in [6.45, 7) is 0. The van der Waals surface area contributed by atoms with Gasteiger partial charge in [-0.25, -0.2) is 4.98 Å². The largest absolute Gasteiger partial charge is 0.416 e. The van der Waals surface area contributed by atoms with Crippen molar-refractivity contribution in [2.45, 2.75) is 43.9 Å². The maximum Gasteiger partial charge on any atom is 0.416 e. The van der Waals surface area contributed by atoms with E-state index in [0.29, 0.717) is 0 Å². The van der Waals surface area contributed by atoms with Crippen molar-refractivity contribution in [3.8, 4) is 0 Å².